The van der Waals surface area contributed by atoms with Gasteiger partial charge >= 0.3 is 0 Å². The topological polar surface area (TPSA) is 32.3 Å². The van der Waals surface area contributed by atoms with Gasteiger partial charge in [0, 0.05) is 11.3 Å². The van der Waals surface area contributed by atoms with Gasteiger partial charge in [-0.25, -0.2) is 4.39 Å². The zero-order valence-electron chi connectivity index (χ0n) is 12.4. The zero-order chi connectivity index (χ0) is 15.0. The van der Waals surface area contributed by atoms with Gasteiger partial charge in [-0.15, -0.1) is 0 Å². The number of rotatable bonds is 4. The van der Waals surface area contributed by atoms with Crippen LogP contribution < -0.4 is 5.32 Å². The van der Waals surface area contributed by atoms with E-state index in [1.54, 1.807) is 0 Å². The van der Waals surface area contributed by atoms with Crippen molar-refractivity contribution in [2.24, 2.45) is 5.92 Å². The first-order valence-electron chi connectivity index (χ1n) is 7.37. The monoisotopic (exact) mass is 285 g/mol. The van der Waals surface area contributed by atoms with Gasteiger partial charge in [-0.2, -0.15) is 0 Å². The third-order valence-corrected chi connectivity index (χ3v) is 4.27. The fourth-order valence-corrected chi connectivity index (χ4v) is 2.73. The van der Waals surface area contributed by atoms with Crippen LogP contribution in [0.4, 0.5) is 10.1 Å². The standard InChI is InChI=1S/C18H20FNO/c1-11-3-10-16(12(2)18(11)21)20-17(13-4-5-13)14-6-8-15(19)9-7-14/h3,6-10,13,17,20-21H,4-5H2,1-2H3. The van der Waals surface area contributed by atoms with Gasteiger partial charge in [-0.1, -0.05) is 18.2 Å². The molecule has 0 radical (unpaired) electrons. The van der Waals surface area contributed by atoms with Crippen molar-refractivity contribution in [1.82, 2.24) is 0 Å². The van der Waals surface area contributed by atoms with E-state index in [1.807, 2.05) is 38.1 Å². The van der Waals surface area contributed by atoms with Crippen molar-refractivity contribution >= 4 is 5.69 Å². The smallest absolute Gasteiger partial charge is 0.123 e. The molecule has 1 aliphatic carbocycles. The predicted molar refractivity (Wildman–Crippen MR) is 83.1 cm³/mol. The summed E-state index contributed by atoms with van der Waals surface area (Å²) in [6, 6.07) is 10.8. The maximum atomic E-state index is 13.1. The van der Waals surface area contributed by atoms with Crippen LogP contribution in [-0.4, -0.2) is 5.11 Å². The quantitative estimate of drug-likeness (QED) is 0.852. The number of halogens is 1. The van der Waals surface area contributed by atoms with E-state index in [9.17, 15) is 9.50 Å². The maximum Gasteiger partial charge on any atom is 0.123 e. The second kappa shape index (κ2) is 5.40. The number of phenols is 1. The molecule has 1 aliphatic rings. The fraction of sp³-hybridized carbons (Fsp3) is 0.333. The molecule has 0 saturated heterocycles. The molecule has 0 heterocycles. The van der Waals surface area contributed by atoms with Gasteiger partial charge in [0.25, 0.3) is 0 Å². The first-order chi connectivity index (χ1) is 10.1. The lowest BCUT2D eigenvalue weighted by Gasteiger charge is -2.22. The molecular formula is C18H20FNO. The Kier molecular flexibility index (Phi) is 3.58. The molecule has 2 aromatic rings. The van der Waals surface area contributed by atoms with Gasteiger partial charge in [0.2, 0.25) is 0 Å². The second-order valence-electron chi connectivity index (χ2n) is 5.91. The molecule has 1 atom stereocenters. The van der Waals surface area contributed by atoms with Crippen LogP contribution in [0.25, 0.3) is 0 Å². The maximum absolute atomic E-state index is 13.1. The third-order valence-electron chi connectivity index (χ3n) is 4.27. The average molecular weight is 285 g/mol. The van der Waals surface area contributed by atoms with Crippen molar-refractivity contribution in [2.45, 2.75) is 32.7 Å². The normalized spacial score (nSPS) is 15.8. The minimum absolute atomic E-state index is 0.173. The first kappa shape index (κ1) is 13.9. The molecule has 0 aromatic heterocycles. The van der Waals surface area contributed by atoms with Crippen LogP contribution >= 0.6 is 0 Å². The van der Waals surface area contributed by atoms with Crippen LogP contribution in [0.15, 0.2) is 36.4 Å². The Morgan fingerprint density at radius 2 is 1.76 bits per heavy atom. The number of benzene rings is 2. The summed E-state index contributed by atoms with van der Waals surface area (Å²) >= 11 is 0. The Morgan fingerprint density at radius 1 is 1.10 bits per heavy atom. The Morgan fingerprint density at radius 3 is 2.38 bits per heavy atom. The van der Waals surface area contributed by atoms with Gasteiger partial charge in [-0.3, -0.25) is 0 Å². The Hall–Kier alpha value is -2.03. The van der Waals surface area contributed by atoms with E-state index in [0.29, 0.717) is 11.7 Å². The van der Waals surface area contributed by atoms with E-state index >= 15 is 0 Å². The summed E-state index contributed by atoms with van der Waals surface area (Å²) in [5.41, 5.74) is 3.78. The highest BCUT2D eigenvalue weighted by Gasteiger charge is 2.32. The Bertz CT molecular complexity index is 647. The minimum Gasteiger partial charge on any atom is -0.507 e. The summed E-state index contributed by atoms with van der Waals surface area (Å²) in [6.07, 6.45) is 2.37. The Balaban J connectivity index is 1.89. The molecule has 110 valence electrons. The van der Waals surface area contributed by atoms with Crippen LogP contribution in [0, 0.1) is 25.6 Å². The van der Waals surface area contributed by atoms with E-state index in [2.05, 4.69) is 5.32 Å². The highest BCUT2D eigenvalue weighted by Crippen LogP contribution is 2.43. The number of anilines is 1. The van der Waals surface area contributed by atoms with Crippen LogP contribution in [-0.2, 0) is 0 Å². The lowest BCUT2D eigenvalue weighted by Crippen LogP contribution is -2.13. The summed E-state index contributed by atoms with van der Waals surface area (Å²) in [5, 5.41) is 13.6. The Labute approximate surface area is 124 Å². The molecule has 3 rings (SSSR count). The lowest BCUT2D eigenvalue weighted by molar-refractivity contribution is 0.467. The molecule has 2 N–H and O–H groups in total. The average Bonchev–Trinajstić information content (AvgIpc) is 3.30. The molecule has 2 nitrogen and oxygen atoms in total. The number of hydrogen-bond acceptors (Lipinski definition) is 2. The molecule has 1 unspecified atom stereocenters. The number of aromatic hydroxyl groups is 1. The van der Waals surface area contributed by atoms with Crippen LogP contribution in [0.2, 0.25) is 0 Å². The van der Waals surface area contributed by atoms with Crippen LogP contribution in [0.1, 0.15) is 35.6 Å². The SMILES string of the molecule is Cc1ccc(NC(c2ccc(F)cc2)C2CC2)c(C)c1O. The van der Waals surface area contributed by atoms with Crippen molar-refractivity contribution in [2.75, 3.05) is 5.32 Å². The molecule has 0 aliphatic heterocycles. The number of aryl methyl sites for hydroxylation is 1. The summed E-state index contributed by atoms with van der Waals surface area (Å²) in [5.74, 6) is 0.712. The molecule has 0 amide bonds. The summed E-state index contributed by atoms with van der Waals surface area (Å²) in [7, 11) is 0. The van der Waals surface area contributed by atoms with Crippen molar-refractivity contribution in [1.29, 1.82) is 0 Å². The van der Waals surface area contributed by atoms with Crippen molar-refractivity contribution in [3.8, 4) is 5.75 Å². The molecule has 2 aromatic carbocycles. The van der Waals surface area contributed by atoms with Gasteiger partial charge in [0.05, 0.1) is 6.04 Å². The minimum atomic E-state index is -0.211. The largest absolute Gasteiger partial charge is 0.507 e. The van der Waals surface area contributed by atoms with E-state index in [-0.39, 0.29) is 11.9 Å². The summed E-state index contributed by atoms with van der Waals surface area (Å²) in [4.78, 5) is 0. The first-order valence-corrected chi connectivity index (χ1v) is 7.37. The van der Waals surface area contributed by atoms with Crippen molar-refractivity contribution in [3.05, 3.63) is 58.9 Å². The highest BCUT2D eigenvalue weighted by molar-refractivity contribution is 5.60. The third kappa shape index (κ3) is 2.87. The molecule has 0 spiro atoms. The summed E-state index contributed by atoms with van der Waals surface area (Å²) in [6.45, 7) is 3.81. The number of phenolic OH excluding ortho intramolecular Hbond substituents is 1. The molecule has 1 saturated carbocycles. The van der Waals surface area contributed by atoms with Gasteiger partial charge in [-0.05, 0) is 61.9 Å². The van der Waals surface area contributed by atoms with Crippen LogP contribution in [0.3, 0.4) is 0 Å². The van der Waals surface area contributed by atoms with Gasteiger partial charge in [0.15, 0.2) is 0 Å². The van der Waals surface area contributed by atoms with E-state index in [1.165, 1.54) is 25.0 Å². The predicted octanol–water partition coefficient (Wildman–Crippen LogP) is 4.71. The zero-order valence-corrected chi connectivity index (χ0v) is 12.4. The van der Waals surface area contributed by atoms with E-state index in [0.717, 1.165) is 22.4 Å². The molecule has 21 heavy (non-hydrogen) atoms. The molecule has 0 bridgehead atoms. The van der Waals surface area contributed by atoms with Crippen molar-refractivity contribution < 1.29 is 9.50 Å². The molecular weight excluding hydrogens is 265 g/mol. The fourth-order valence-electron chi connectivity index (χ4n) is 2.73. The van der Waals surface area contributed by atoms with E-state index in [4.69, 9.17) is 0 Å². The van der Waals surface area contributed by atoms with E-state index < -0.39 is 0 Å². The second-order valence-corrected chi connectivity index (χ2v) is 5.91. The summed E-state index contributed by atoms with van der Waals surface area (Å²) < 4.78 is 13.1. The van der Waals surface area contributed by atoms with Crippen LogP contribution in [0.5, 0.6) is 5.75 Å². The van der Waals surface area contributed by atoms with Crippen molar-refractivity contribution in [3.63, 3.8) is 0 Å². The van der Waals surface area contributed by atoms with Gasteiger partial charge in [0.1, 0.15) is 11.6 Å². The molecule has 1 fully saturated rings. The highest BCUT2D eigenvalue weighted by atomic mass is 19.1. The number of nitrogens with one attached hydrogen (secondary N) is 1. The molecule has 3 heteroatoms. The lowest BCUT2D eigenvalue weighted by atomic mass is 10.0. The van der Waals surface area contributed by atoms with Gasteiger partial charge < -0.3 is 10.4 Å². The number of hydrogen-bond donors (Lipinski definition) is 2.